The van der Waals surface area contributed by atoms with E-state index in [0.29, 0.717) is 6.54 Å². The number of aliphatic hydroxyl groups excluding tert-OH is 1. The van der Waals surface area contributed by atoms with E-state index < -0.39 is 18.0 Å². The molecule has 0 aliphatic heterocycles. The van der Waals surface area contributed by atoms with Gasteiger partial charge in [0.15, 0.2) is 0 Å². The van der Waals surface area contributed by atoms with E-state index in [1.54, 1.807) is 6.92 Å². The van der Waals surface area contributed by atoms with E-state index in [4.69, 9.17) is 10.2 Å². The number of carbonyl (C=O) groups is 3. The van der Waals surface area contributed by atoms with E-state index in [9.17, 15) is 14.4 Å². The van der Waals surface area contributed by atoms with Crippen molar-refractivity contribution >= 4 is 17.9 Å². The molecule has 104 valence electrons. The van der Waals surface area contributed by atoms with Gasteiger partial charge in [0.05, 0.1) is 0 Å². The Labute approximate surface area is 105 Å². The van der Waals surface area contributed by atoms with Crippen molar-refractivity contribution in [3.63, 3.8) is 0 Å². The third kappa shape index (κ3) is 7.44. The minimum atomic E-state index is -1.22. The summed E-state index contributed by atoms with van der Waals surface area (Å²) in [5, 5.41) is 24.4. The molecule has 0 aliphatic rings. The van der Waals surface area contributed by atoms with Crippen LogP contribution < -0.4 is 16.0 Å². The predicted molar refractivity (Wildman–Crippen MR) is 63.0 cm³/mol. The summed E-state index contributed by atoms with van der Waals surface area (Å²) in [6, 6.07) is -1.82. The number of urea groups is 1. The largest absolute Gasteiger partial charge is 0.480 e. The van der Waals surface area contributed by atoms with Gasteiger partial charge in [0.2, 0.25) is 5.91 Å². The van der Waals surface area contributed by atoms with Crippen LogP contribution in [0.5, 0.6) is 0 Å². The number of amides is 3. The first kappa shape index (κ1) is 16.2. The van der Waals surface area contributed by atoms with Gasteiger partial charge >= 0.3 is 12.0 Å². The Bertz CT molecular complexity index is 295. The molecular weight excluding hydrogens is 242 g/mol. The van der Waals surface area contributed by atoms with Crippen LogP contribution in [0.25, 0.3) is 0 Å². The fourth-order valence-electron chi connectivity index (χ4n) is 1.17. The molecule has 0 aromatic rings. The van der Waals surface area contributed by atoms with E-state index in [1.807, 2.05) is 0 Å². The van der Waals surface area contributed by atoms with Crippen LogP contribution in [0.2, 0.25) is 0 Å². The molecule has 0 aromatic heterocycles. The molecule has 0 aromatic carbocycles. The molecule has 0 spiro atoms. The van der Waals surface area contributed by atoms with Crippen LogP contribution in [0.4, 0.5) is 4.79 Å². The molecule has 5 N–H and O–H groups in total. The van der Waals surface area contributed by atoms with Crippen LogP contribution in [0.3, 0.4) is 0 Å². The average molecular weight is 261 g/mol. The van der Waals surface area contributed by atoms with Gasteiger partial charge in [-0.05, 0) is 6.92 Å². The Kier molecular flexibility index (Phi) is 8.29. The molecule has 3 amide bonds. The zero-order valence-corrected chi connectivity index (χ0v) is 10.2. The molecule has 8 heteroatoms. The van der Waals surface area contributed by atoms with Crippen molar-refractivity contribution in [1.29, 1.82) is 0 Å². The maximum absolute atomic E-state index is 11.3. The van der Waals surface area contributed by atoms with Gasteiger partial charge in [-0.1, -0.05) is 0 Å². The van der Waals surface area contributed by atoms with Gasteiger partial charge in [0, 0.05) is 32.5 Å². The van der Waals surface area contributed by atoms with Crippen molar-refractivity contribution in [2.24, 2.45) is 0 Å². The summed E-state index contributed by atoms with van der Waals surface area (Å²) in [5.74, 6) is -1.41. The SMILES string of the molecule is CCNC(=O)CCNC(=O)N[C@@H](CCO)C(=O)O. The summed E-state index contributed by atoms with van der Waals surface area (Å²) in [6.07, 6.45) is 0.0536. The summed E-state index contributed by atoms with van der Waals surface area (Å²) >= 11 is 0. The minimum Gasteiger partial charge on any atom is -0.480 e. The highest BCUT2D eigenvalue weighted by molar-refractivity contribution is 5.83. The monoisotopic (exact) mass is 261 g/mol. The number of nitrogens with one attached hydrogen (secondary N) is 3. The second kappa shape index (κ2) is 9.23. The zero-order chi connectivity index (χ0) is 14.0. The molecular formula is C10H19N3O5. The van der Waals surface area contributed by atoms with Crippen LogP contribution in [-0.4, -0.2) is 53.9 Å². The lowest BCUT2D eigenvalue weighted by molar-refractivity contribution is -0.139. The topological polar surface area (TPSA) is 128 Å². The summed E-state index contributed by atoms with van der Waals surface area (Å²) in [6.45, 7) is 2.08. The van der Waals surface area contributed by atoms with Crippen LogP contribution in [0.15, 0.2) is 0 Å². The van der Waals surface area contributed by atoms with Crippen molar-refractivity contribution in [3.8, 4) is 0 Å². The van der Waals surface area contributed by atoms with E-state index in [-0.39, 0.29) is 31.9 Å². The molecule has 0 rings (SSSR count). The molecule has 0 unspecified atom stereocenters. The van der Waals surface area contributed by atoms with Gasteiger partial charge in [-0.2, -0.15) is 0 Å². The van der Waals surface area contributed by atoms with Gasteiger partial charge in [0.1, 0.15) is 6.04 Å². The molecule has 0 saturated carbocycles. The van der Waals surface area contributed by atoms with E-state index >= 15 is 0 Å². The number of carboxylic acid groups (broad SMARTS) is 1. The summed E-state index contributed by atoms with van der Waals surface area (Å²) < 4.78 is 0. The Hall–Kier alpha value is -1.83. The maximum Gasteiger partial charge on any atom is 0.326 e. The van der Waals surface area contributed by atoms with Crippen molar-refractivity contribution < 1.29 is 24.6 Å². The standard InChI is InChI=1S/C10H19N3O5/c1-2-11-8(15)3-5-12-10(18)13-7(4-6-14)9(16)17/h7,14H,2-6H2,1H3,(H,11,15)(H,16,17)(H2,12,13,18)/t7-/m0/s1. The first-order valence-electron chi connectivity index (χ1n) is 5.66. The second-order valence-electron chi connectivity index (χ2n) is 3.51. The number of aliphatic hydroxyl groups is 1. The zero-order valence-electron chi connectivity index (χ0n) is 10.2. The maximum atomic E-state index is 11.3. The number of hydrogen-bond acceptors (Lipinski definition) is 4. The van der Waals surface area contributed by atoms with Crippen LogP contribution in [0.1, 0.15) is 19.8 Å². The van der Waals surface area contributed by atoms with Gasteiger partial charge in [-0.25, -0.2) is 9.59 Å². The molecule has 0 heterocycles. The summed E-state index contributed by atoms with van der Waals surface area (Å²) in [4.78, 5) is 33.0. The summed E-state index contributed by atoms with van der Waals surface area (Å²) in [5.41, 5.74) is 0. The molecule has 0 aliphatic carbocycles. The number of aliphatic carboxylic acids is 1. The Morgan fingerprint density at radius 2 is 1.89 bits per heavy atom. The van der Waals surface area contributed by atoms with Gasteiger partial charge in [-0.15, -0.1) is 0 Å². The molecule has 0 radical (unpaired) electrons. The second-order valence-corrected chi connectivity index (χ2v) is 3.51. The number of carboxylic acids is 1. The molecule has 0 bridgehead atoms. The lowest BCUT2D eigenvalue weighted by Gasteiger charge is -2.13. The first-order chi connectivity index (χ1) is 8.51. The van der Waals surface area contributed by atoms with Gasteiger partial charge in [-0.3, -0.25) is 4.79 Å². The summed E-state index contributed by atoms with van der Waals surface area (Å²) in [7, 11) is 0. The van der Waals surface area contributed by atoms with Crippen LogP contribution in [-0.2, 0) is 9.59 Å². The molecule has 1 atom stereocenters. The minimum absolute atomic E-state index is 0.0704. The van der Waals surface area contributed by atoms with E-state index in [1.165, 1.54) is 0 Å². The number of hydrogen-bond donors (Lipinski definition) is 5. The van der Waals surface area contributed by atoms with E-state index in [0.717, 1.165) is 0 Å². The third-order valence-corrected chi connectivity index (χ3v) is 2.03. The highest BCUT2D eigenvalue weighted by atomic mass is 16.4. The van der Waals surface area contributed by atoms with Gasteiger partial charge < -0.3 is 26.2 Å². The predicted octanol–water partition coefficient (Wildman–Crippen LogP) is -1.35. The quantitative estimate of drug-likeness (QED) is 0.369. The smallest absolute Gasteiger partial charge is 0.326 e. The Balaban J connectivity index is 3.88. The van der Waals surface area contributed by atoms with Crippen LogP contribution in [0, 0.1) is 0 Å². The number of rotatable bonds is 8. The lowest BCUT2D eigenvalue weighted by atomic mass is 10.2. The first-order valence-corrected chi connectivity index (χ1v) is 5.66. The number of carbonyl (C=O) groups excluding carboxylic acids is 2. The van der Waals surface area contributed by atoms with Crippen molar-refractivity contribution in [2.75, 3.05) is 19.7 Å². The highest BCUT2D eigenvalue weighted by Gasteiger charge is 2.18. The lowest BCUT2D eigenvalue weighted by Crippen LogP contribution is -2.47. The highest BCUT2D eigenvalue weighted by Crippen LogP contribution is 1.91. The normalized spacial score (nSPS) is 11.4. The van der Waals surface area contributed by atoms with Crippen molar-refractivity contribution in [1.82, 2.24) is 16.0 Å². The fraction of sp³-hybridized carbons (Fsp3) is 0.700. The molecule has 8 nitrogen and oxygen atoms in total. The third-order valence-electron chi connectivity index (χ3n) is 2.03. The Morgan fingerprint density at radius 1 is 1.22 bits per heavy atom. The van der Waals surface area contributed by atoms with Gasteiger partial charge in [0.25, 0.3) is 0 Å². The van der Waals surface area contributed by atoms with Crippen LogP contribution >= 0.6 is 0 Å². The molecule has 18 heavy (non-hydrogen) atoms. The Morgan fingerprint density at radius 3 is 2.39 bits per heavy atom. The van der Waals surface area contributed by atoms with E-state index in [2.05, 4.69) is 16.0 Å². The molecule has 0 fully saturated rings. The fourth-order valence-corrected chi connectivity index (χ4v) is 1.17. The average Bonchev–Trinajstić information content (AvgIpc) is 2.28. The van der Waals surface area contributed by atoms with Crippen molar-refractivity contribution in [2.45, 2.75) is 25.8 Å². The molecule has 0 saturated heterocycles. The van der Waals surface area contributed by atoms with Crippen molar-refractivity contribution in [3.05, 3.63) is 0 Å².